The van der Waals surface area contributed by atoms with E-state index in [2.05, 4.69) is 10.3 Å². The number of aryl methyl sites for hydroxylation is 1. The fraction of sp³-hybridized carbons (Fsp3) is 0.419. The average molecular weight is 578 g/mol. The number of thioether (sulfide) groups is 1. The average Bonchev–Trinajstić information content (AvgIpc) is 3.67. The Morgan fingerprint density at radius 3 is 2.51 bits per heavy atom. The fourth-order valence-corrected chi connectivity index (χ4v) is 6.84. The molecule has 0 radical (unpaired) electrons. The van der Waals surface area contributed by atoms with Crippen LogP contribution in [-0.2, 0) is 32.1 Å². The standard InChI is InChI=1S/C31H35N3O6S/c1-2-38-27(36)18-17-25-32-28(22-13-7-4-8-14-22)30(40-25)34-23-20-41-24(29(23)33-31(34)37)15-9-10-16-26(35)39-19-21-11-5-3-6-12-21/h3-8,11-14,23-24,29H,2,9-10,15-20H2,1H3,(H,33,37). The summed E-state index contributed by atoms with van der Waals surface area (Å²) in [6, 6.07) is 18.9. The number of carbonyl (C=O) groups is 3. The van der Waals surface area contributed by atoms with Crippen molar-refractivity contribution in [1.29, 1.82) is 0 Å². The van der Waals surface area contributed by atoms with Crippen molar-refractivity contribution in [3.8, 4) is 11.3 Å². The van der Waals surface area contributed by atoms with Gasteiger partial charge in [-0.2, -0.15) is 11.8 Å². The third-order valence-electron chi connectivity index (χ3n) is 7.27. The van der Waals surface area contributed by atoms with E-state index in [-0.39, 0.29) is 48.1 Å². The second-order valence-corrected chi connectivity index (χ2v) is 11.4. The van der Waals surface area contributed by atoms with Crippen LogP contribution in [0.15, 0.2) is 65.1 Å². The van der Waals surface area contributed by atoms with Crippen LogP contribution in [0.5, 0.6) is 0 Å². The van der Waals surface area contributed by atoms with E-state index in [1.807, 2.05) is 72.4 Å². The van der Waals surface area contributed by atoms with Crippen LogP contribution in [0.2, 0.25) is 0 Å². The molecule has 5 rings (SSSR count). The summed E-state index contributed by atoms with van der Waals surface area (Å²) >= 11 is 1.83. The molecule has 2 amide bonds. The third kappa shape index (κ3) is 7.11. The molecule has 3 unspecified atom stereocenters. The van der Waals surface area contributed by atoms with E-state index in [4.69, 9.17) is 13.9 Å². The maximum Gasteiger partial charge on any atom is 0.324 e. The topological polar surface area (TPSA) is 111 Å². The summed E-state index contributed by atoms with van der Waals surface area (Å²) in [6.07, 6.45) is 3.31. The van der Waals surface area contributed by atoms with Crippen LogP contribution in [0.4, 0.5) is 10.7 Å². The van der Waals surface area contributed by atoms with Gasteiger partial charge in [0.05, 0.1) is 25.1 Å². The number of aromatic nitrogens is 1. The van der Waals surface area contributed by atoms with Gasteiger partial charge in [-0.3, -0.25) is 14.5 Å². The van der Waals surface area contributed by atoms with Gasteiger partial charge in [-0.1, -0.05) is 67.1 Å². The first-order valence-electron chi connectivity index (χ1n) is 14.1. The van der Waals surface area contributed by atoms with Gasteiger partial charge >= 0.3 is 18.0 Å². The van der Waals surface area contributed by atoms with Gasteiger partial charge in [0.15, 0.2) is 5.89 Å². The van der Waals surface area contributed by atoms with Gasteiger partial charge in [0.25, 0.3) is 0 Å². The van der Waals surface area contributed by atoms with Crippen molar-refractivity contribution in [1.82, 2.24) is 10.3 Å². The number of benzene rings is 2. The monoisotopic (exact) mass is 577 g/mol. The van der Waals surface area contributed by atoms with E-state index < -0.39 is 0 Å². The predicted octanol–water partition coefficient (Wildman–Crippen LogP) is 5.52. The Morgan fingerprint density at radius 2 is 1.76 bits per heavy atom. The second-order valence-electron chi connectivity index (χ2n) is 10.1. The molecule has 1 aromatic heterocycles. The van der Waals surface area contributed by atoms with Crippen molar-refractivity contribution < 1.29 is 28.3 Å². The number of anilines is 1. The van der Waals surface area contributed by atoms with E-state index >= 15 is 0 Å². The molecular formula is C31H35N3O6S. The van der Waals surface area contributed by atoms with Crippen molar-refractivity contribution in [2.24, 2.45) is 0 Å². The van der Waals surface area contributed by atoms with E-state index in [9.17, 15) is 14.4 Å². The summed E-state index contributed by atoms with van der Waals surface area (Å²) in [5.41, 5.74) is 2.40. The van der Waals surface area contributed by atoms with Crippen LogP contribution in [0.25, 0.3) is 11.3 Å². The van der Waals surface area contributed by atoms with Gasteiger partial charge in [0, 0.05) is 29.4 Å². The third-order valence-corrected chi connectivity index (χ3v) is 8.76. The van der Waals surface area contributed by atoms with Crippen LogP contribution in [-0.4, -0.2) is 52.6 Å². The molecule has 0 aliphatic carbocycles. The van der Waals surface area contributed by atoms with Gasteiger partial charge in [-0.25, -0.2) is 9.78 Å². The molecule has 10 heteroatoms. The highest BCUT2D eigenvalue weighted by Crippen LogP contribution is 2.42. The smallest absolute Gasteiger partial charge is 0.324 e. The predicted molar refractivity (Wildman–Crippen MR) is 156 cm³/mol. The Morgan fingerprint density at radius 1 is 1.02 bits per heavy atom. The molecule has 3 aromatic rings. The summed E-state index contributed by atoms with van der Waals surface area (Å²) in [5, 5.41) is 3.41. The minimum atomic E-state index is -0.313. The fourth-order valence-electron chi connectivity index (χ4n) is 5.25. The van der Waals surface area contributed by atoms with Gasteiger partial charge < -0.3 is 19.2 Å². The van der Waals surface area contributed by atoms with Crippen molar-refractivity contribution in [2.45, 2.75) is 69.4 Å². The Kier molecular flexibility index (Phi) is 9.61. The molecule has 0 saturated carbocycles. The number of carbonyl (C=O) groups excluding carboxylic acids is 3. The summed E-state index contributed by atoms with van der Waals surface area (Å²) in [5.74, 6) is 1.06. The minimum Gasteiger partial charge on any atom is -0.466 e. The van der Waals surface area contributed by atoms with Crippen LogP contribution in [0, 0.1) is 0 Å². The normalized spacial score (nSPS) is 19.6. The SMILES string of the molecule is CCOC(=O)CCc1nc(-c2ccccc2)c(N2C(=O)NC3C(CCCCC(=O)OCc4ccccc4)SCC32)o1. The molecule has 2 fully saturated rings. The summed E-state index contributed by atoms with van der Waals surface area (Å²) in [6.45, 7) is 2.38. The molecule has 2 aliphatic rings. The molecular weight excluding hydrogens is 542 g/mol. The largest absolute Gasteiger partial charge is 0.466 e. The second kappa shape index (κ2) is 13.7. The van der Waals surface area contributed by atoms with Gasteiger partial charge in [-0.15, -0.1) is 0 Å². The van der Waals surface area contributed by atoms with E-state index in [1.54, 1.807) is 11.8 Å². The number of urea groups is 1. The molecule has 41 heavy (non-hydrogen) atoms. The van der Waals surface area contributed by atoms with Crippen LogP contribution < -0.4 is 10.2 Å². The molecule has 0 bridgehead atoms. The number of hydrogen-bond donors (Lipinski definition) is 1. The number of oxazole rings is 1. The molecule has 3 atom stereocenters. The summed E-state index contributed by atoms with van der Waals surface area (Å²) < 4.78 is 16.6. The van der Waals surface area contributed by atoms with Gasteiger partial charge in [0.1, 0.15) is 12.3 Å². The highest BCUT2D eigenvalue weighted by atomic mass is 32.2. The zero-order valence-corrected chi connectivity index (χ0v) is 23.9. The lowest BCUT2D eigenvalue weighted by Gasteiger charge is -2.20. The van der Waals surface area contributed by atoms with E-state index in [1.165, 1.54) is 0 Å². The van der Waals surface area contributed by atoms with Gasteiger partial charge in [-0.05, 0) is 25.3 Å². The molecule has 1 N–H and O–H groups in total. The lowest BCUT2D eigenvalue weighted by atomic mass is 10.0. The molecule has 2 aliphatic heterocycles. The lowest BCUT2D eigenvalue weighted by molar-refractivity contribution is -0.145. The first-order valence-corrected chi connectivity index (χ1v) is 15.2. The number of amides is 2. The Bertz CT molecular complexity index is 1330. The maximum atomic E-state index is 13.3. The number of nitrogens with zero attached hydrogens (tertiary/aromatic N) is 2. The molecule has 0 spiro atoms. The zero-order valence-electron chi connectivity index (χ0n) is 23.1. The van der Waals surface area contributed by atoms with Crippen LogP contribution in [0.3, 0.4) is 0 Å². The first kappa shape index (κ1) is 28.7. The van der Waals surface area contributed by atoms with Crippen molar-refractivity contribution >= 4 is 35.6 Å². The molecule has 2 aromatic carbocycles. The Labute approximate surface area is 244 Å². The zero-order chi connectivity index (χ0) is 28.6. The number of nitrogens with one attached hydrogen (secondary N) is 1. The summed E-state index contributed by atoms with van der Waals surface area (Å²) in [7, 11) is 0. The Balaban J connectivity index is 1.19. The summed E-state index contributed by atoms with van der Waals surface area (Å²) in [4.78, 5) is 43.7. The van der Waals surface area contributed by atoms with Crippen LogP contribution in [0.1, 0.15) is 50.5 Å². The number of fused-ring (bicyclic) bond motifs is 1. The Hall–Kier alpha value is -3.79. The van der Waals surface area contributed by atoms with Crippen molar-refractivity contribution in [3.63, 3.8) is 0 Å². The molecule has 216 valence electrons. The highest BCUT2D eigenvalue weighted by molar-refractivity contribution is 8.00. The van der Waals surface area contributed by atoms with Gasteiger partial charge in [0.2, 0.25) is 5.88 Å². The molecule has 3 heterocycles. The number of rotatable bonds is 13. The minimum absolute atomic E-state index is 0.0331. The molecule has 9 nitrogen and oxygen atoms in total. The lowest BCUT2D eigenvalue weighted by Crippen LogP contribution is -2.38. The van der Waals surface area contributed by atoms with Crippen molar-refractivity contribution in [2.75, 3.05) is 17.3 Å². The number of ether oxygens (including phenoxy) is 2. The molecule has 2 saturated heterocycles. The number of hydrogen-bond acceptors (Lipinski definition) is 8. The maximum absolute atomic E-state index is 13.3. The van der Waals surface area contributed by atoms with E-state index in [0.717, 1.165) is 36.1 Å². The number of esters is 2. The first-order chi connectivity index (χ1) is 20.0. The highest BCUT2D eigenvalue weighted by Gasteiger charge is 2.50. The quantitative estimate of drug-likeness (QED) is 0.161. The van der Waals surface area contributed by atoms with Crippen molar-refractivity contribution in [3.05, 3.63) is 72.1 Å². The number of unbranched alkanes of at least 4 members (excludes halogenated alkanes) is 1. The van der Waals surface area contributed by atoms with Crippen LogP contribution >= 0.6 is 11.8 Å². The van der Waals surface area contributed by atoms with E-state index in [0.29, 0.717) is 37.1 Å².